The van der Waals surface area contributed by atoms with Crippen LogP contribution in [0.15, 0.2) is 48.0 Å². The number of carbonyl (C=O) groups is 2. The molecule has 31 heavy (non-hydrogen) atoms. The summed E-state index contributed by atoms with van der Waals surface area (Å²) in [7, 11) is 3.24. The summed E-state index contributed by atoms with van der Waals surface area (Å²) in [6, 6.07) is 13.6. The maximum atomic E-state index is 12.3. The number of para-hydroxylation sites is 1. The van der Waals surface area contributed by atoms with Crippen molar-refractivity contribution in [1.29, 1.82) is 0 Å². The second-order valence-corrected chi connectivity index (χ2v) is 7.48. The van der Waals surface area contributed by atoms with E-state index in [4.69, 9.17) is 21.7 Å². The molecule has 1 aromatic heterocycles. The van der Waals surface area contributed by atoms with Crippen molar-refractivity contribution in [3.05, 3.63) is 64.9 Å². The van der Waals surface area contributed by atoms with Gasteiger partial charge in [0, 0.05) is 33.8 Å². The third kappa shape index (κ3) is 3.77. The summed E-state index contributed by atoms with van der Waals surface area (Å²) in [6.07, 6.45) is 1.62. The first kappa shape index (κ1) is 20.6. The van der Waals surface area contributed by atoms with Gasteiger partial charge in [0.2, 0.25) is 0 Å². The number of fused-ring (bicyclic) bond motifs is 1. The number of thiocarbonyl (C=S) groups is 1. The van der Waals surface area contributed by atoms with E-state index in [0.29, 0.717) is 12.3 Å². The second kappa shape index (κ2) is 8.23. The largest absolute Gasteiger partial charge is 0.497 e. The third-order valence-electron chi connectivity index (χ3n) is 5.33. The number of aromatic nitrogens is 1. The van der Waals surface area contributed by atoms with Gasteiger partial charge in [0.15, 0.2) is 5.11 Å². The third-order valence-corrected chi connectivity index (χ3v) is 5.54. The van der Waals surface area contributed by atoms with E-state index in [0.717, 1.165) is 33.5 Å². The van der Waals surface area contributed by atoms with Gasteiger partial charge >= 0.3 is 0 Å². The van der Waals surface area contributed by atoms with Gasteiger partial charge in [0.25, 0.3) is 11.8 Å². The molecular weight excluding hydrogens is 414 g/mol. The Balaban J connectivity index is 1.83. The van der Waals surface area contributed by atoms with Crippen LogP contribution in [-0.4, -0.2) is 35.7 Å². The van der Waals surface area contributed by atoms with Crippen molar-refractivity contribution >= 4 is 46.1 Å². The molecule has 4 rings (SSSR count). The number of methoxy groups -OCH3 is 2. The van der Waals surface area contributed by atoms with E-state index in [1.54, 1.807) is 20.3 Å². The highest BCUT2D eigenvalue weighted by Gasteiger charge is 2.27. The molecule has 2 N–H and O–H groups in total. The number of nitrogens with one attached hydrogen (secondary N) is 2. The minimum absolute atomic E-state index is 0.0119. The lowest BCUT2D eigenvalue weighted by Crippen LogP contribution is -2.51. The summed E-state index contributed by atoms with van der Waals surface area (Å²) in [4.78, 5) is 24.7. The van der Waals surface area contributed by atoms with E-state index in [-0.39, 0.29) is 10.7 Å². The lowest BCUT2D eigenvalue weighted by Gasteiger charge is -2.16. The lowest BCUT2D eigenvalue weighted by atomic mass is 10.1. The van der Waals surface area contributed by atoms with Crippen LogP contribution in [0.25, 0.3) is 17.0 Å². The number of nitrogens with zero attached hydrogens (tertiary/aromatic N) is 1. The van der Waals surface area contributed by atoms with Crippen LogP contribution >= 0.6 is 12.2 Å². The van der Waals surface area contributed by atoms with Crippen LogP contribution in [-0.2, 0) is 16.1 Å². The Morgan fingerprint density at radius 3 is 2.42 bits per heavy atom. The Bertz CT molecular complexity index is 1240. The maximum absolute atomic E-state index is 12.3. The van der Waals surface area contributed by atoms with Gasteiger partial charge in [-0.15, -0.1) is 0 Å². The van der Waals surface area contributed by atoms with Gasteiger partial charge in [-0.25, -0.2) is 0 Å². The zero-order valence-corrected chi connectivity index (χ0v) is 18.1. The van der Waals surface area contributed by atoms with Crippen molar-refractivity contribution in [2.45, 2.75) is 13.5 Å². The molecule has 2 heterocycles. The molecule has 0 spiro atoms. The van der Waals surface area contributed by atoms with Crippen LogP contribution in [0, 0.1) is 6.92 Å². The van der Waals surface area contributed by atoms with Crippen LogP contribution < -0.4 is 20.1 Å². The van der Waals surface area contributed by atoms with E-state index in [2.05, 4.69) is 15.2 Å². The predicted molar refractivity (Wildman–Crippen MR) is 122 cm³/mol. The maximum Gasteiger partial charge on any atom is 0.263 e. The van der Waals surface area contributed by atoms with Gasteiger partial charge in [-0.2, -0.15) is 0 Å². The lowest BCUT2D eigenvalue weighted by molar-refractivity contribution is -0.123. The molecule has 2 amide bonds. The number of benzene rings is 2. The fraction of sp³-hybridized carbons (Fsp3) is 0.174. The Kier molecular flexibility index (Phi) is 5.48. The fourth-order valence-electron chi connectivity index (χ4n) is 3.75. The number of rotatable bonds is 5. The quantitative estimate of drug-likeness (QED) is 0.366. The van der Waals surface area contributed by atoms with E-state index < -0.39 is 11.8 Å². The highest BCUT2D eigenvalue weighted by molar-refractivity contribution is 7.80. The number of ether oxygens (including phenoxy) is 2. The summed E-state index contributed by atoms with van der Waals surface area (Å²) in [5.41, 5.74) is 3.69. The van der Waals surface area contributed by atoms with Crippen molar-refractivity contribution in [2.24, 2.45) is 0 Å². The fourth-order valence-corrected chi connectivity index (χ4v) is 3.93. The average molecular weight is 436 g/mol. The molecule has 158 valence electrons. The first-order valence-electron chi connectivity index (χ1n) is 9.60. The molecule has 0 atom stereocenters. The molecule has 1 aliphatic heterocycles. The van der Waals surface area contributed by atoms with E-state index in [9.17, 15) is 9.59 Å². The van der Waals surface area contributed by atoms with Crippen LogP contribution in [0.2, 0.25) is 0 Å². The molecule has 8 heteroatoms. The molecule has 1 fully saturated rings. The first-order chi connectivity index (χ1) is 14.9. The summed E-state index contributed by atoms with van der Waals surface area (Å²) < 4.78 is 13.0. The Morgan fingerprint density at radius 2 is 1.74 bits per heavy atom. The minimum atomic E-state index is -0.512. The molecule has 7 nitrogen and oxygen atoms in total. The van der Waals surface area contributed by atoms with Crippen molar-refractivity contribution in [2.75, 3.05) is 14.2 Å². The number of amides is 2. The van der Waals surface area contributed by atoms with Crippen LogP contribution in [0.3, 0.4) is 0 Å². The summed E-state index contributed by atoms with van der Waals surface area (Å²) >= 11 is 4.88. The molecular formula is C23H21N3O4S. The molecule has 3 aromatic rings. The molecule has 1 aliphatic rings. The van der Waals surface area contributed by atoms with Crippen LogP contribution in [0.4, 0.5) is 0 Å². The highest BCUT2D eigenvalue weighted by atomic mass is 32.1. The van der Waals surface area contributed by atoms with Gasteiger partial charge in [-0.05, 0) is 43.4 Å². The molecule has 2 aromatic carbocycles. The second-order valence-electron chi connectivity index (χ2n) is 7.08. The summed E-state index contributed by atoms with van der Waals surface area (Å²) in [6.45, 7) is 2.51. The molecule has 0 aliphatic carbocycles. The Morgan fingerprint density at radius 1 is 1.03 bits per heavy atom. The van der Waals surface area contributed by atoms with Gasteiger partial charge < -0.3 is 14.0 Å². The zero-order chi connectivity index (χ0) is 22.1. The summed E-state index contributed by atoms with van der Waals surface area (Å²) in [5.74, 6) is 0.409. The highest BCUT2D eigenvalue weighted by Crippen LogP contribution is 2.31. The van der Waals surface area contributed by atoms with E-state index in [1.807, 2.05) is 49.4 Å². The monoisotopic (exact) mass is 435 g/mol. The van der Waals surface area contributed by atoms with Crippen LogP contribution in [0.1, 0.15) is 16.8 Å². The first-order valence-corrected chi connectivity index (χ1v) is 10.0. The number of hydrogen-bond donors (Lipinski definition) is 2. The average Bonchev–Trinajstić information content (AvgIpc) is 3.02. The Hall–Kier alpha value is -3.65. The van der Waals surface area contributed by atoms with Gasteiger partial charge in [-0.1, -0.05) is 18.2 Å². The SMILES string of the molecule is COc1ccc(Cn2c(C)c(C=C3C(=O)NC(=S)NC3=O)c3ccccc32)c(OC)c1. The molecule has 1 saturated heterocycles. The topological polar surface area (TPSA) is 81.6 Å². The predicted octanol–water partition coefficient (Wildman–Crippen LogP) is 2.93. The number of carbonyl (C=O) groups excluding carboxylic acids is 2. The van der Waals surface area contributed by atoms with Crippen molar-refractivity contribution in [3.8, 4) is 11.5 Å². The number of hydrogen-bond acceptors (Lipinski definition) is 5. The molecule has 0 bridgehead atoms. The zero-order valence-electron chi connectivity index (χ0n) is 17.3. The van der Waals surface area contributed by atoms with E-state index >= 15 is 0 Å². The van der Waals surface area contributed by atoms with E-state index in [1.165, 1.54) is 0 Å². The Labute approximate surface area is 184 Å². The molecule has 0 unspecified atom stereocenters. The van der Waals surface area contributed by atoms with Gasteiger partial charge in [0.05, 0.1) is 20.8 Å². The minimum Gasteiger partial charge on any atom is -0.497 e. The van der Waals surface area contributed by atoms with Gasteiger partial charge in [0.1, 0.15) is 17.1 Å². The molecule has 0 radical (unpaired) electrons. The van der Waals surface area contributed by atoms with Gasteiger partial charge in [-0.3, -0.25) is 20.2 Å². The normalized spacial score (nSPS) is 13.8. The van der Waals surface area contributed by atoms with Crippen molar-refractivity contribution < 1.29 is 19.1 Å². The van der Waals surface area contributed by atoms with Crippen molar-refractivity contribution in [3.63, 3.8) is 0 Å². The van der Waals surface area contributed by atoms with Crippen molar-refractivity contribution in [1.82, 2.24) is 15.2 Å². The molecule has 0 saturated carbocycles. The standard InChI is InChI=1S/C23H21N3O4S/c1-13-17(11-18-21(27)24-23(31)25-22(18)28)16-6-4-5-7-19(16)26(13)12-14-8-9-15(29-2)10-20(14)30-3/h4-11H,12H2,1-3H3,(H2,24,25,27,28,31). The summed E-state index contributed by atoms with van der Waals surface area (Å²) in [5, 5.41) is 5.90. The van der Waals surface area contributed by atoms with Crippen LogP contribution in [0.5, 0.6) is 11.5 Å². The smallest absolute Gasteiger partial charge is 0.263 e.